The van der Waals surface area contributed by atoms with Gasteiger partial charge >= 0.3 is 0 Å². The molecular weight excluding hydrogens is 346 g/mol. The Morgan fingerprint density at radius 3 is 2.35 bits per heavy atom. The highest BCUT2D eigenvalue weighted by molar-refractivity contribution is 6.21. The van der Waals surface area contributed by atoms with E-state index in [1.165, 1.54) is 5.56 Å². The minimum atomic E-state index is -0.220. The van der Waals surface area contributed by atoms with Crippen LogP contribution in [0.4, 0.5) is 0 Å². The van der Waals surface area contributed by atoms with E-state index >= 15 is 0 Å². The van der Waals surface area contributed by atoms with Crippen LogP contribution in [0.5, 0.6) is 11.5 Å². The van der Waals surface area contributed by atoms with Crippen LogP contribution >= 0.6 is 11.6 Å². The van der Waals surface area contributed by atoms with Gasteiger partial charge < -0.3 is 10.2 Å². The summed E-state index contributed by atoms with van der Waals surface area (Å²) in [6, 6.07) is 22.9. The van der Waals surface area contributed by atoms with E-state index in [0.29, 0.717) is 6.54 Å². The van der Waals surface area contributed by atoms with Crippen LogP contribution in [0.1, 0.15) is 33.7 Å². The molecule has 0 amide bonds. The second kappa shape index (κ2) is 7.02. The molecule has 1 heterocycles. The Hall–Kier alpha value is -2.49. The van der Waals surface area contributed by atoms with Gasteiger partial charge in [-0.25, -0.2) is 0 Å². The van der Waals surface area contributed by atoms with Gasteiger partial charge in [0.1, 0.15) is 11.5 Å². The molecule has 0 aliphatic carbocycles. The quantitative estimate of drug-likeness (QED) is 0.643. The van der Waals surface area contributed by atoms with Crippen LogP contribution in [0.15, 0.2) is 72.8 Å². The van der Waals surface area contributed by atoms with Gasteiger partial charge in [0.15, 0.2) is 0 Å². The van der Waals surface area contributed by atoms with Crippen LogP contribution in [0, 0.1) is 0 Å². The summed E-state index contributed by atoms with van der Waals surface area (Å²) in [4.78, 5) is 2.28. The molecule has 0 aromatic heterocycles. The van der Waals surface area contributed by atoms with Crippen LogP contribution in [0.25, 0.3) is 0 Å². The Bertz CT molecular complexity index is 913. The van der Waals surface area contributed by atoms with E-state index in [-0.39, 0.29) is 22.9 Å². The normalized spacial score (nSPS) is 19.9. The molecule has 26 heavy (non-hydrogen) atoms. The van der Waals surface area contributed by atoms with Crippen LogP contribution in [-0.2, 0) is 6.54 Å². The van der Waals surface area contributed by atoms with E-state index in [0.717, 1.165) is 23.2 Å². The Morgan fingerprint density at radius 1 is 0.846 bits per heavy atom. The molecule has 2 atom stereocenters. The zero-order valence-electron chi connectivity index (χ0n) is 14.2. The molecule has 0 saturated heterocycles. The second-order valence-corrected chi connectivity index (χ2v) is 7.18. The zero-order chi connectivity index (χ0) is 18.1. The highest BCUT2D eigenvalue weighted by atomic mass is 35.5. The maximum atomic E-state index is 10.5. The number of hydrogen-bond donors (Lipinski definition) is 2. The van der Waals surface area contributed by atoms with Crippen molar-refractivity contribution >= 4 is 11.6 Å². The molecule has 1 aliphatic rings. The first kappa shape index (κ1) is 17.0. The van der Waals surface area contributed by atoms with Crippen LogP contribution < -0.4 is 0 Å². The highest BCUT2D eigenvalue weighted by Gasteiger charge is 2.34. The molecule has 4 rings (SSSR count). The maximum absolute atomic E-state index is 10.5. The highest BCUT2D eigenvalue weighted by Crippen LogP contribution is 2.45. The third-order valence-electron chi connectivity index (χ3n) is 4.92. The molecule has 0 spiro atoms. The molecule has 4 heteroatoms. The first-order chi connectivity index (χ1) is 12.6. The first-order valence-electron chi connectivity index (χ1n) is 8.66. The summed E-state index contributed by atoms with van der Waals surface area (Å²) >= 11 is 6.66. The minimum Gasteiger partial charge on any atom is -0.508 e. The number of benzene rings is 3. The van der Waals surface area contributed by atoms with E-state index in [2.05, 4.69) is 17.0 Å². The van der Waals surface area contributed by atoms with Gasteiger partial charge in [-0.3, -0.25) is 4.90 Å². The lowest BCUT2D eigenvalue weighted by atomic mass is 9.87. The fourth-order valence-corrected chi connectivity index (χ4v) is 4.11. The third kappa shape index (κ3) is 3.16. The van der Waals surface area contributed by atoms with Gasteiger partial charge in [0.25, 0.3) is 0 Å². The first-order valence-corrected chi connectivity index (χ1v) is 9.10. The van der Waals surface area contributed by atoms with Crippen molar-refractivity contribution in [1.29, 1.82) is 0 Å². The van der Waals surface area contributed by atoms with E-state index < -0.39 is 0 Å². The van der Waals surface area contributed by atoms with E-state index in [1.54, 1.807) is 18.2 Å². The number of fused-ring (bicyclic) bond motifs is 1. The van der Waals surface area contributed by atoms with Crippen molar-refractivity contribution in [3.05, 3.63) is 95.1 Å². The summed E-state index contributed by atoms with van der Waals surface area (Å²) < 4.78 is 0. The number of rotatable bonds is 3. The van der Waals surface area contributed by atoms with E-state index in [4.69, 9.17) is 11.6 Å². The molecule has 0 bridgehead atoms. The van der Waals surface area contributed by atoms with Crippen molar-refractivity contribution in [2.75, 3.05) is 6.54 Å². The number of aromatic hydroxyl groups is 2. The summed E-state index contributed by atoms with van der Waals surface area (Å²) in [6.07, 6.45) is 0. The monoisotopic (exact) mass is 365 g/mol. The molecule has 3 aromatic rings. The van der Waals surface area contributed by atoms with Crippen LogP contribution in [-0.4, -0.2) is 21.7 Å². The van der Waals surface area contributed by atoms with E-state index in [9.17, 15) is 10.2 Å². The summed E-state index contributed by atoms with van der Waals surface area (Å²) in [5.74, 6) is 0.476. The average molecular weight is 366 g/mol. The van der Waals surface area contributed by atoms with Crippen molar-refractivity contribution in [2.24, 2.45) is 0 Å². The summed E-state index contributed by atoms with van der Waals surface area (Å²) in [5, 5.41) is 20.2. The van der Waals surface area contributed by atoms with Gasteiger partial charge in [-0.2, -0.15) is 0 Å². The zero-order valence-corrected chi connectivity index (χ0v) is 15.0. The minimum absolute atomic E-state index is 0.123. The van der Waals surface area contributed by atoms with Gasteiger partial charge in [0.2, 0.25) is 0 Å². The maximum Gasteiger partial charge on any atom is 0.120 e. The number of para-hydroxylation sites is 1. The molecule has 1 aliphatic heterocycles. The van der Waals surface area contributed by atoms with Crippen LogP contribution in [0.3, 0.4) is 0 Å². The Kier molecular flexibility index (Phi) is 4.58. The molecule has 2 unspecified atom stereocenters. The smallest absolute Gasteiger partial charge is 0.120 e. The Balaban J connectivity index is 1.82. The van der Waals surface area contributed by atoms with Gasteiger partial charge in [0.05, 0.1) is 11.4 Å². The van der Waals surface area contributed by atoms with Gasteiger partial charge in [0, 0.05) is 18.7 Å². The van der Waals surface area contributed by atoms with Crippen molar-refractivity contribution in [2.45, 2.75) is 18.0 Å². The molecule has 0 fully saturated rings. The Morgan fingerprint density at radius 2 is 1.58 bits per heavy atom. The molecule has 2 N–H and O–H groups in total. The fraction of sp³-hybridized carbons (Fsp3) is 0.182. The standard InChI is InChI=1S/C22H20ClNO2/c23-20-14-24(13-15-6-2-1-3-7-15)22(18-8-4-5-9-21(18)26)17-11-10-16(25)12-19(17)20/h1-12,20,22,25-26H,13-14H2. The number of phenolic OH excluding ortho intramolecular Hbond substituents is 2. The summed E-state index contributed by atoms with van der Waals surface area (Å²) in [7, 11) is 0. The summed E-state index contributed by atoms with van der Waals surface area (Å²) in [5.41, 5.74) is 3.98. The van der Waals surface area contributed by atoms with Crippen molar-refractivity contribution in [1.82, 2.24) is 4.90 Å². The predicted octanol–water partition coefficient (Wildman–Crippen LogP) is 4.98. The van der Waals surface area contributed by atoms with Crippen molar-refractivity contribution in [3.8, 4) is 11.5 Å². The fourth-order valence-electron chi connectivity index (χ4n) is 3.75. The van der Waals surface area contributed by atoms with Crippen molar-refractivity contribution in [3.63, 3.8) is 0 Å². The van der Waals surface area contributed by atoms with E-state index in [1.807, 2.05) is 42.5 Å². The number of nitrogens with zero attached hydrogens (tertiary/aromatic N) is 1. The summed E-state index contributed by atoms with van der Waals surface area (Å²) in [6.45, 7) is 1.36. The third-order valence-corrected chi connectivity index (χ3v) is 5.30. The lowest BCUT2D eigenvalue weighted by Gasteiger charge is -2.40. The molecule has 0 saturated carbocycles. The number of hydrogen-bond acceptors (Lipinski definition) is 3. The van der Waals surface area contributed by atoms with Gasteiger partial charge in [-0.1, -0.05) is 54.6 Å². The second-order valence-electron chi connectivity index (χ2n) is 6.66. The molecule has 132 valence electrons. The largest absolute Gasteiger partial charge is 0.508 e. The predicted molar refractivity (Wildman–Crippen MR) is 104 cm³/mol. The number of phenols is 2. The lowest BCUT2D eigenvalue weighted by Crippen LogP contribution is -2.36. The molecule has 3 nitrogen and oxygen atoms in total. The molecule has 0 radical (unpaired) electrons. The average Bonchev–Trinajstić information content (AvgIpc) is 2.64. The SMILES string of the molecule is Oc1ccc2c(c1)C(Cl)CN(Cc1ccccc1)C2c1ccccc1O. The molecule has 3 aromatic carbocycles. The molecular formula is C22H20ClNO2. The van der Waals surface area contributed by atoms with Gasteiger partial charge in [-0.05, 0) is 34.9 Å². The number of alkyl halides is 1. The lowest BCUT2D eigenvalue weighted by molar-refractivity contribution is 0.198. The topological polar surface area (TPSA) is 43.7 Å². The van der Waals surface area contributed by atoms with Crippen LogP contribution in [0.2, 0.25) is 0 Å². The van der Waals surface area contributed by atoms with Crippen molar-refractivity contribution < 1.29 is 10.2 Å². The van der Waals surface area contributed by atoms with Gasteiger partial charge in [-0.15, -0.1) is 11.6 Å². The number of halogens is 1. The Labute approximate surface area is 158 Å².